The van der Waals surface area contributed by atoms with E-state index in [9.17, 15) is 0 Å². The lowest BCUT2D eigenvalue weighted by Gasteiger charge is -2.18. The zero-order chi connectivity index (χ0) is 9.19. The first-order valence-electron chi connectivity index (χ1n) is 4.11. The van der Waals surface area contributed by atoms with Gasteiger partial charge in [0.1, 0.15) is 0 Å². The Kier molecular flexibility index (Phi) is 5.99. The Morgan fingerprint density at radius 3 is 1.71 bits per heavy atom. The van der Waals surface area contributed by atoms with Gasteiger partial charge in [0.15, 0.2) is 0 Å². The molecule has 0 bridgehead atoms. The van der Waals surface area contributed by atoms with Crippen LogP contribution in [0.5, 0.6) is 0 Å². The van der Waals surface area contributed by atoms with Crippen molar-refractivity contribution < 1.29 is 0 Å². The fraction of sp³-hybridized carbons (Fsp3) is 0.429. The van der Waals surface area contributed by atoms with Gasteiger partial charge in [-0.25, -0.2) is 0 Å². The molecule has 1 rings (SSSR count). The first kappa shape index (κ1) is 15.3. The van der Waals surface area contributed by atoms with Gasteiger partial charge in [0, 0.05) is 5.56 Å². The molecule has 0 N–H and O–H groups in total. The van der Waals surface area contributed by atoms with E-state index in [0.29, 0.717) is 0 Å². The van der Waals surface area contributed by atoms with Gasteiger partial charge in [-0.05, 0) is 23.1 Å². The second-order valence-corrected chi connectivity index (χ2v) is 3.97. The molecule has 0 heterocycles. The van der Waals surface area contributed by atoms with Gasteiger partial charge in [-0.3, -0.25) is 0 Å². The maximum atomic E-state index is 5.26. The van der Waals surface area contributed by atoms with Crippen LogP contribution in [-0.4, -0.2) is 0 Å². The third-order valence-electron chi connectivity index (χ3n) is 1.92. The molecule has 78 valence electrons. The fourth-order valence-electron chi connectivity index (χ4n) is 1.07. The molecule has 0 aliphatic rings. The third-order valence-corrected chi connectivity index (χ3v) is 1.92. The summed E-state index contributed by atoms with van der Waals surface area (Å²) in [5.74, 6) is 2.61. The van der Waals surface area contributed by atoms with Gasteiger partial charge in [0.2, 0.25) is 0 Å². The molecule has 1 aromatic rings. The molecule has 0 fully saturated rings. The Labute approximate surface area is 89.4 Å². The summed E-state index contributed by atoms with van der Waals surface area (Å²) in [7, 11) is 0. The van der Waals surface area contributed by atoms with Gasteiger partial charge < -0.3 is 0 Å². The summed E-state index contributed by atoms with van der Waals surface area (Å²) in [6.45, 7) is 6.58. The third kappa shape index (κ3) is 3.66. The number of hydrogen-bond acceptors (Lipinski definition) is 0. The van der Waals surface area contributed by atoms with Crippen LogP contribution < -0.4 is 0 Å². The van der Waals surface area contributed by atoms with E-state index in [4.69, 9.17) is 6.42 Å². The average molecular weight is 190 g/mol. The van der Waals surface area contributed by atoms with Gasteiger partial charge in [-0.1, -0.05) is 53.7 Å². The second-order valence-electron chi connectivity index (χ2n) is 3.97. The van der Waals surface area contributed by atoms with E-state index in [-0.39, 0.29) is 20.3 Å². The molecular formula is C14H22. The van der Waals surface area contributed by atoms with Crippen molar-refractivity contribution in [3.8, 4) is 12.3 Å². The van der Waals surface area contributed by atoms with E-state index in [2.05, 4.69) is 38.8 Å². The summed E-state index contributed by atoms with van der Waals surface area (Å²) in [5.41, 5.74) is 2.48. The zero-order valence-corrected chi connectivity index (χ0v) is 7.89. The SMILES string of the molecule is C.C.C#Cc1ccc(C(C)(C)C)cc1. The molecule has 0 aliphatic heterocycles. The first-order valence-corrected chi connectivity index (χ1v) is 4.11. The van der Waals surface area contributed by atoms with E-state index in [1.807, 2.05) is 12.1 Å². The molecule has 0 amide bonds. The maximum Gasteiger partial charge on any atom is 0.0242 e. The van der Waals surface area contributed by atoms with Crippen LogP contribution in [0.2, 0.25) is 0 Å². The minimum Gasteiger partial charge on any atom is -0.115 e. The lowest BCUT2D eigenvalue weighted by molar-refractivity contribution is 0.590. The van der Waals surface area contributed by atoms with Crippen molar-refractivity contribution >= 4 is 0 Å². The minimum absolute atomic E-state index is 0. The summed E-state index contributed by atoms with van der Waals surface area (Å²) < 4.78 is 0. The Morgan fingerprint density at radius 1 is 1.00 bits per heavy atom. The summed E-state index contributed by atoms with van der Waals surface area (Å²) in [4.78, 5) is 0. The molecule has 0 spiro atoms. The molecule has 0 saturated carbocycles. The van der Waals surface area contributed by atoms with Crippen molar-refractivity contribution in [2.75, 3.05) is 0 Å². The Bertz CT molecular complexity index is 290. The van der Waals surface area contributed by atoms with E-state index >= 15 is 0 Å². The molecule has 0 radical (unpaired) electrons. The smallest absolute Gasteiger partial charge is 0.0242 e. The summed E-state index contributed by atoms with van der Waals surface area (Å²) in [6.07, 6.45) is 5.26. The van der Waals surface area contributed by atoms with Crippen molar-refractivity contribution in [3.63, 3.8) is 0 Å². The molecule has 0 aliphatic carbocycles. The number of rotatable bonds is 0. The van der Waals surface area contributed by atoms with Crippen LogP contribution in [-0.2, 0) is 5.41 Å². The Hall–Kier alpha value is -1.22. The predicted molar refractivity (Wildman–Crippen MR) is 66.5 cm³/mol. The van der Waals surface area contributed by atoms with Crippen molar-refractivity contribution in [2.45, 2.75) is 41.0 Å². The highest BCUT2D eigenvalue weighted by Gasteiger charge is 2.12. The lowest BCUT2D eigenvalue weighted by Crippen LogP contribution is -2.10. The van der Waals surface area contributed by atoms with Crippen LogP contribution in [0.25, 0.3) is 0 Å². The van der Waals surface area contributed by atoms with Gasteiger partial charge >= 0.3 is 0 Å². The molecule has 14 heavy (non-hydrogen) atoms. The largest absolute Gasteiger partial charge is 0.115 e. The van der Waals surface area contributed by atoms with E-state index in [1.54, 1.807) is 0 Å². The highest BCUT2D eigenvalue weighted by Crippen LogP contribution is 2.21. The molecule has 0 saturated heterocycles. The Balaban J connectivity index is 0. The van der Waals surface area contributed by atoms with Gasteiger partial charge in [-0.15, -0.1) is 6.42 Å². The molecular weight excluding hydrogens is 168 g/mol. The quantitative estimate of drug-likeness (QED) is 0.537. The molecule has 0 heteroatoms. The summed E-state index contributed by atoms with van der Waals surface area (Å²) in [5, 5.41) is 0. The number of terminal acetylenes is 1. The predicted octanol–water partition coefficient (Wildman–Crippen LogP) is 4.24. The topological polar surface area (TPSA) is 0 Å². The van der Waals surface area contributed by atoms with Crippen LogP contribution in [0.15, 0.2) is 24.3 Å². The maximum absolute atomic E-state index is 5.26. The van der Waals surface area contributed by atoms with Crippen LogP contribution >= 0.6 is 0 Å². The summed E-state index contributed by atoms with van der Waals surface area (Å²) >= 11 is 0. The molecule has 1 aromatic carbocycles. The molecule has 0 atom stereocenters. The zero-order valence-electron chi connectivity index (χ0n) is 7.89. The van der Waals surface area contributed by atoms with E-state index in [0.717, 1.165) is 5.56 Å². The van der Waals surface area contributed by atoms with Crippen molar-refractivity contribution in [1.29, 1.82) is 0 Å². The first-order chi connectivity index (χ1) is 5.54. The second kappa shape index (κ2) is 5.50. The van der Waals surface area contributed by atoms with Gasteiger partial charge in [-0.2, -0.15) is 0 Å². The molecule has 0 nitrogen and oxygen atoms in total. The van der Waals surface area contributed by atoms with E-state index in [1.165, 1.54) is 5.56 Å². The summed E-state index contributed by atoms with van der Waals surface area (Å²) in [6, 6.07) is 8.16. The lowest BCUT2D eigenvalue weighted by atomic mass is 9.87. The van der Waals surface area contributed by atoms with Gasteiger partial charge in [0.25, 0.3) is 0 Å². The van der Waals surface area contributed by atoms with Crippen molar-refractivity contribution in [1.82, 2.24) is 0 Å². The number of benzene rings is 1. The highest BCUT2D eigenvalue weighted by atomic mass is 14.2. The van der Waals surface area contributed by atoms with Crippen LogP contribution in [0.3, 0.4) is 0 Å². The van der Waals surface area contributed by atoms with Crippen molar-refractivity contribution in [3.05, 3.63) is 35.4 Å². The van der Waals surface area contributed by atoms with E-state index < -0.39 is 0 Å². The normalized spacial score (nSPS) is 9.29. The number of hydrogen-bond donors (Lipinski definition) is 0. The van der Waals surface area contributed by atoms with Crippen LogP contribution in [0, 0.1) is 12.3 Å². The van der Waals surface area contributed by atoms with Crippen LogP contribution in [0.1, 0.15) is 46.8 Å². The standard InChI is InChI=1S/C12H14.2CH4/c1-5-10-6-8-11(9-7-10)12(2,3)4;;/h1,6-9H,2-4H3;2*1H4. The highest BCUT2D eigenvalue weighted by molar-refractivity contribution is 5.36. The van der Waals surface area contributed by atoms with Gasteiger partial charge in [0.05, 0.1) is 0 Å². The monoisotopic (exact) mass is 190 g/mol. The minimum atomic E-state index is 0. The average Bonchev–Trinajstić information content (AvgIpc) is 2.03. The Morgan fingerprint density at radius 2 is 1.43 bits per heavy atom. The fourth-order valence-corrected chi connectivity index (χ4v) is 1.07. The molecule has 0 aromatic heterocycles. The van der Waals surface area contributed by atoms with Crippen LogP contribution in [0.4, 0.5) is 0 Å². The molecule has 0 unspecified atom stereocenters. The van der Waals surface area contributed by atoms with Crippen molar-refractivity contribution in [2.24, 2.45) is 0 Å².